The van der Waals surface area contributed by atoms with Crippen molar-refractivity contribution in [3.8, 4) is 5.75 Å². The molecule has 6 heteroatoms. The van der Waals surface area contributed by atoms with E-state index in [-0.39, 0.29) is 18.4 Å². The van der Waals surface area contributed by atoms with Crippen LogP contribution in [-0.2, 0) is 16.1 Å². The standard InChI is InChI=1S/C28H33BrN2O3/c1-6-23(27(33)30-28(3,4)5)31(17-20-11-9-10-19(2)16-20)25(32)18-34-24-15-14-21-12-7-8-13-22(21)26(24)29/h7-16,23H,6,17-18H2,1-5H3,(H,30,33)/t23-/m0/s1. The van der Waals surface area contributed by atoms with Crippen molar-refractivity contribution < 1.29 is 14.3 Å². The fraction of sp³-hybridized carbons (Fsp3) is 0.357. The molecule has 1 N–H and O–H groups in total. The number of amides is 2. The Morgan fingerprint density at radius 3 is 2.47 bits per heavy atom. The van der Waals surface area contributed by atoms with Crippen LogP contribution >= 0.6 is 15.9 Å². The van der Waals surface area contributed by atoms with Gasteiger partial charge in [0.05, 0.1) is 4.47 Å². The number of carbonyl (C=O) groups excluding carboxylic acids is 2. The maximum atomic E-state index is 13.5. The van der Waals surface area contributed by atoms with E-state index in [4.69, 9.17) is 4.74 Å². The minimum absolute atomic E-state index is 0.164. The molecule has 180 valence electrons. The first-order valence-electron chi connectivity index (χ1n) is 11.6. The minimum Gasteiger partial charge on any atom is -0.483 e. The number of carbonyl (C=O) groups is 2. The molecule has 0 unspecified atom stereocenters. The second kappa shape index (κ2) is 11.0. The average Bonchev–Trinajstić information content (AvgIpc) is 2.77. The third-order valence-electron chi connectivity index (χ3n) is 5.50. The second-order valence-corrected chi connectivity index (χ2v) is 10.4. The molecule has 0 aliphatic heterocycles. The van der Waals surface area contributed by atoms with E-state index < -0.39 is 11.6 Å². The summed E-state index contributed by atoms with van der Waals surface area (Å²) in [6.07, 6.45) is 0.499. The number of ether oxygens (including phenoxy) is 1. The zero-order valence-electron chi connectivity index (χ0n) is 20.5. The first-order valence-corrected chi connectivity index (χ1v) is 12.4. The van der Waals surface area contributed by atoms with Crippen LogP contribution in [0.15, 0.2) is 65.1 Å². The Morgan fingerprint density at radius 2 is 1.79 bits per heavy atom. The second-order valence-electron chi connectivity index (χ2n) is 9.56. The fourth-order valence-electron chi connectivity index (χ4n) is 3.93. The van der Waals surface area contributed by atoms with Crippen molar-refractivity contribution in [1.29, 1.82) is 0 Å². The van der Waals surface area contributed by atoms with Crippen LogP contribution in [0.5, 0.6) is 5.75 Å². The van der Waals surface area contributed by atoms with Crippen LogP contribution in [-0.4, -0.2) is 34.9 Å². The molecule has 0 heterocycles. The number of hydrogen-bond acceptors (Lipinski definition) is 3. The van der Waals surface area contributed by atoms with Crippen molar-refractivity contribution in [2.24, 2.45) is 0 Å². The van der Waals surface area contributed by atoms with Crippen LogP contribution < -0.4 is 10.1 Å². The lowest BCUT2D eigenvalue weighted by Crippen LogP contribution is -2.54. The summed E-state index contributed by atoms with van der Waals surface area (Å²) in [6, 6.07) is 19.2. The van der Waals surface area contributed by atoms with Gasteiger partial charge in [-0.15, -0.1) is 0 Å². The summed E-state index contributed by atoms with van der Waals surface area (Å²) in [5.74, 6) is 0.190. The third-order valence-corrected chi connectivity index (χ3v) is 6.32. The van der Waals surface area contributed by atoms with Gasteiger partial charge in [-0.25, -0.2) is 0 Å². The summed E-state index contributed by atoms with van der Waals surface area (Å²) < 4.78 is 6.76. The molecule has 0 aliphatic carbocycles. The van der Waals surface area contributed by atoms with Crippen LogP contribution in [0, 0.1) is 6.92 Å². The van der Waals surface area contributed by atoms with Crippen molar-refractivity contribution in [3.63, 3.8) is 0 Å². The third kappa shape index (κ3) is 6.60. The molecule has 0 fully saturated rings. The van der Waals surface area contributed by atoms with Crippen LogP contribution in [0.3, 0.4) is 0 Å². The summed E-state index contributed by atoms with van der Waals surface area (Å²) in [5.41, 5.74) is 1.69. The first-order chi connectivity index (χ1) is 16.1. The zero-order chi connectivity index (χ0) is 24.9. The number of nitrogens with one attached hydrogen (secondary N) is 1. The topological polar surface area (TPSA) is 58.6 Å². The maximum Gasteiger partial charge on any atom is 0.261 e. The van der Waals surface area contributed by atoms with Gasteiger partial charge >= 0.3 is 0 Å². The lowest BCUT2D eigenvalue weighted by atomic mass is 10.1. The van der Waals surface area contributed by atoms with Crippen LogP contribution in [0.4, 0.5) is 0 Å². The molecule has 0 saturated heterocycles. The molecule has 0 aliphatic rings. The fourth-order valence-corrected chi connectivity index (χ4v) is 4.53. The summed E-state index contributed by atoms with van der Waals surface area (Å²) in [6.45, 7) is 9.91. The van der Waals surface area contributed by atoms with Gasteiger partial charge < -0.3 is 15.0 Å². The van der Waals surface area contributed by atoms with E-state index in [1.807, 2.05) is 95.3 Å². The molecule has 0 spiro atoms. The highest BCUT2D eigenvalue weighted by Gasteiger charge is 2.31. The van der Waals surface area contributed by atoms with E-state index in [2.05, 4.69) is 21.2 Å². The predicted molar refractivity (Wildman–Crippen MR) is 141 cm³/mol. The van der Waals surface area contributed by atoms with Gasteiger partial charge in [0.1, 0.15) is 11.8 Å². The summed E-state index contributed by atoms with van der Waals surface area (Å²) in [7, 11) is 0. The van der Waals surface area contributed by atoms with Crippen molar-refractivity contribution in [2.45, 2.75) is 59.2 Å². The molecule has 1 atom stereocenters. The highest BCUT2D eigenvalue weighted by Crippen LogP contribution is 2.33. The normalized spacial score (nSPS) is 12.3. The number of rotatable bonds is 8. The molecule has 5 nitrogen and oxygen atoms in total. The Kier molecular flexibility index (Phi) is 8.37. The highest BCUT2D eigenvalue weighted by molar-refractivity contribution is 9.10. The Morgan fingerprint density at radius 1 is 1.06 bits per heavy atom. The molecule has 3 aromatic carbocycles. The van der Waals surface area contributed by atoms with Crippen LogP contribution in [0.1, 0.15) is 45.2 Å². The maximum absolute atomic E-state index is 13.5. The lowest BCUT2D eigenvalue weighted by Gasteiger charge is -2.33. The zero-order valence-corrected chi connectivity index (χ0v) is 22.1. The monoisotopic (exact) mass is 524 g/mol. The molecule has 0 aromatic heterocycles. The van der Waals surface area contributed by atoms with Gasteiger partial charge in [0.15, 0.2) is 6.61 Å². The smallest absolute Gasteiger partial charge is 0.261 e. The molecule has 0 radical (unpaired) electrons. The number of halogens is 1. The number of benzene rings is 3. The Hall–Kier alpha value is -2.86. The summed E-state index contributed by atoms with van der Waals surface area (Å²) >= 11 is 3.62. The molecule has 34 heavy (non-hydrogen) atoms. The number of hydrogen-bond donors (Lipinski definition) is 1. The van der Waals surface area contributed by atoms with E-state index in [0.717, 1.165) is 26.4 Å². The lowest BCUT2D eigenvalue weighted by molar-refractivity contribution is -0.143. The largest absolute Gasteiger partial charge is 0.483 e. The molecule has 0 bridgehead atoms. The van der Waals surface area contributed by atoms with Crippen molar-refractivity contribution in [1.82, 2.24) is 10.2 Å². The van der Waals surface area contributed by atoms with Crippen LogP contribution in [0.25, 0.3) is 10.8 Å². The Bertz CT molecular complexity index is 1170. The van der Waals surface area contributed by atoms with Crippen molar-refractivity contribution >= 4 is 38.5 Å². The van der Waals surface area contributed by atoms with Gasteiger partial charge in [0.2, 0.25) is 5.91 Å². The molecular weight excluding hydrogens is 492 g/mol. The Labute approximate surface area is 210 Å². The van der Waals surface area contributed by atoms with Crippen LogP contribution in [0.2, 0.25) is 0 Å². The number of nitrogens with zero attached hydrogens (tertiary/aromatic N) is 1. The van der Waals surface area contributed by atoms with Gasteiger partial charge in [-0.3, -0.25) is 9.59 Å². The van der Waals surface area contributed by atoms with Gasteiger partial charge in [-0.05, 0) is 72.4 Å². The van der Waals surface area contributed by atoms with Gasteiger partial charge in [-0.2, -0.15) is 0 Å². The van der Waals surface area contributed by atoms with Crippen molar-refractivity contribution in [3.05, 3.63) is 76.3 Å². The summed E-state index contributed by atoms with van der Waals surface area (Å²) in [5, 5.41) is 5.12. The molecule has 2 amide bonds. The average molecular weight is 525 g/mol. The van der Waals surface area contributed by atoms with E-state index in [0.29, 0.717) is 18.7 Å². The van der Waals surface area contributed by atoms with E-state index in [1.54, 1.807) is 4.90 Å². The predicted octanol–water partition coefficient (Wildman–Crippen LogP) is 6.01. The first kappa shape index (κ1) is 25.8. The summed E-state index contributed by atoms with van der Waals surface area (Å²) in [4.78, 5) is 28.2. The Balaban J connectivity index is 1.84. The van der Waals surface area contributed by atoms with E-state index >= 15 is 0 Å². The minimum atomic E-state index is -0.601. The van der Waals surface area contributed by atoms with Crippen molar-refractivity contribution in [2.75, 3.05) is 6.61 Å². The van der Waals surface area contributed by atoms with Gasteiger partial charge in [0, 0.05) is 12.1 Å². The van der Waals surface area contributed by atoms with E-state index in [1.165, 1.54) is 0 Å². The van der Waals surface area contributed by atoms with Gasteiger partial charge in [-0.1, -0.05) is 67.1 Å². The van der Waals surface area contributed by atoms with Gasteiger partial charge in [0.25, 0.3) is 5.91 Å². The molecule has 3 aromatic rings. The molecular formula is C28H33BrN2O3. The van der Waals surface area contributed by atoms with E-state index in [9.17, 15) is 9.59 Å². The molecule has 3 rings (SSSR count). The highest BCUT2D eigenvalue weighted by atomic mass is 79.9. The molecule has 0 saturated carbocycles. The number of fused-ring (bicyclic) bond motifs is 1. The SMILES string of the molecule is CC[C@@H](C(=O)NC(C)(C)C)N(Cc1cccc(C)c1)C(=O)COc1ccc2ccccc2c1Br. The quantitative estimate of drug-likeness (QED) is 0.392. The number of aryl methyl sites for hydroxylation is 1.